The van der Waals surface area contributed by atoms with Gasteiger partial charge in [0.05, 0.1) is 0 Å². The number of nitrogens with zero attached hydrogens (tertiary/aromatic N) is 1. The monoisotopic (exact) mass is 269 g/mol. The van der Waals surface area contributed by atoms with Crippen molar-refractivity contribution in [1.29, 1.82) is 10.8 Å². The van der Waals surface area contributed by atoms with Crippen LogP contribution in [0.5, 0.6) is 0 Å². The summed E-state index contributed by atoms with van der Waals surface area (Å²) < 4.78 is 0. The van der Waals surface area contributed by atoms with E-state index in [2.05, 4.69) is 25.8 Å². The fraction of sp³-hybridized carbons (Fsp3) is 0.769. The lowest BCUT2D eigenvalue weighted by Gasteiger charge is -2.33. The van der Waals surface area contributed by atoms with Gasteiger partial charge < -0.3 is 0 Å². The maximum atomic E-state index is 8.88. The molecule has 1 unspecified atom stereocenters. The minimum absolute atomic E-state index is 0.650. The number of hydrogen-bond acceptors (Lipinski definition) is 6. The van der Waals surface area contributed by atoms with E-state index in [0.29, 0.717) is 5.41 Å². The normalized spacial score (nSPS) is 18.0. The Morgan fingerprint density at radius 3 is 1.68 bits per heavy atom. The van der Waals surface area contributed by atoms with Crippen molar-refractivity contribution < 1.29 is 14.4 Å². The molecule has 0 aliphatic heterocycles. The third kappa shape index (κ3) is 26.0. The molecule has 6 heteroatoms. The third-order valence-corrected chi connectivity index (χ3v) is 2.54. The van der Waals surface area contributed by atoms with Crippen LogP contribution in [0.1, 0.15) is 46.5 Å². The molecule has 0 aromatic carbocycles. The van der Waals surface area contributed by atoms with Crippen LogP contribution in [0.25, 0.3) is 0 Å². The molecule has 0 amide bonds. The summed E-state index contributed by atoms with van der Waals surface area (Å²) in [6.07, 6.45) is 8.60. The van der Waals surface area contributed by atoms with Gasteiger partial charge in [0.1, 0.15) is 0 Å². The largest absolute Gasteiger partial charge is 0.234 e. The van der Waals surface area contributed by atoms with Gasteiger partial charge in [0.2, 0.25) is 18.2 Å². The van der Waals surface area contributed by atoms with Crippen LogP contribution in [0.2, 0.25) is 0 Å². The van der Waals surface area contributed by atoms with Crippen LogP contribution in [0.4, 0.5) is 0 Å². The Labute approximate surface area is 114 Å². The Balaban J connectivity index is -0.000000216. The molecule has 1 aliphatic carbocycles. The lowest BCUT2D eigenvalue weighted by Crippen LogP contribution is -2.20. The second-order valence-electron chi connectivity index (χ2n) is 4.88. The van der Waals surface area contributed by atoms with Crippen molar-refractivity contribution in [3.63, 3.8) is 0 Å². The number of carbonyl (C=O) groups excluding carboxylic acids is 3. The van der Waals surface area contributed by atoms with Crippen molar-refractivity contribution in [2.24, 2.45) is 16.3 Å². The molecular formula is C13H23N3O3. The summed E-state index contributed by atoms with van der Waals surface area (Å²) in [6, 6.07) is 0. The molecule has 1 atom stereocenters. The smallest absolute Gasteiger partial charge is 0.222 e. The molecule has 0 spiro atoms. The molecule has 0 bridgehead atoms. The zero-order valence-electron chi connectivity index (χ0n) is 12.1. The number of aliphatic imine (C=N–C) groups is 1. The van der Waals surface area contributed by atoms with Crippen molar-refractivity contribution in [2.45, 2.75) is 46.5 Å². The van der Waals surface area contributed by atoms with E-state index in [-0.39, 0.29) is 0 Å². The summed E-state index contributed by atoms with van der Waals surface area (Å²) in [4.78, 5) is 28.5. The zero-order valence-corrected chi connectivity index (χ0v) is 12.1. The molecule has 0 saturated heterocycles. The number of isocyanates is 3. The standard InChI is InChI=1S/C9H18.C2H3NO.2CHNO/c1-8-5-4-6-9(2,3)7-8;1-3-2-4;2*2-1-3/h8H,4-7H2,1-3H3;1H3;2*2H. The van der Waals surface area contributed by atoms with Crippen LogP contribution in [-0.4, -0.2) is 25.3 Å². The summed E-state index contributed by atoms with van der Waals surface area (Å²) in [5.74, 6) is 0.980. The van der Waals surface area contributed by atoms with Gasteiger partial charge in [-0.1, -0.05) is 33.6 Å². The lowest BCUT2D eigenvalue weighted by molar-refractivity contribution is 0.191. The van der Waals surface area contributed by atoms with Crippen molar-refractivity contribution in [2.75, 3.05) is 7.05 Å². The van der Waals surface area contributed by atoms with Gasteiger partial charge >= 0.3 is 0 Å². The highest BCUT2D eigenvalue weighted by Gasteiger charge is 2.24. The summed E-state index contributed by atoms with van der Waals surface area (Å²) >= 11 is 0. The average Bonchev–Trinajstić information content (AvgIpc) is 2.30. The highest BCUT2D eigenvalue weighted by molar-refractivity contribution is 5.32. The first-order valence-corrected chi connectivity index (χ1v) is 5.88. The predicted molar refractivity (Wildman–Crippen MR) is 72.3 cm³/mol. The number of rotatable bonds is 0. The van der Waals surface area contributed by atoms with Gasteiger partial charge in [-0.3, -0.25) is 0 Å². The van der Waals surface area contributed by atoms with Gasteiger partial charge in [-0.25, -0.2) is 30.2 Å². The first kappa shape index (κ1) is 22.3. The van der Waals surface area contributed by atoms with Crippen LogP contribution in [0, 0.1) is 22.2 Å². The van der Waals surface area contributed by atoms with E-state index in [4.69, 9.17) is 25.2 Å². The van der Waals surface area contributed by atoms with Crippen LogP contribution < -0.4 is 0 Å². The van der Waals surface area contributed by atoms with Crippen molar-refractivity contribution in [1.82, 2.24) is 0 Å². The minimum Gasteiger partial charge on any atom is -0.222 e. The molecule has 1 rings (SSSR count). The summed E-state index contributed by atoms with van der Waals surface area (Å²) in [6.45, 7) is 7.16. The third-order valence-electron chi connectivity index (χ3n) is 2.54. The second kappa shape index (κ2) is 16.1. The first-order chi connectivity index (χ1) is 8.84. The summed E-state index contributed by atoms with van der Waals surface area (Å²) in [5.41, 5.74) is 0.650. The van der Waals surface area contributed by atoms with E-state index in [9.17, 15) is 0 Å². The lowest BCUT2D eigenvalue weighted by atomic mass is 9.73. The van der Waals surface area contributed by atoms with E-state index >= 15 is 0 Å². The molecule has 0 heterocycles. The van der Waals surface area contributed by atoms with Crippen LogP contribution >= 0.6 is 0 Å². The van der Waals surface area contributed by atoms with Gasteiger partial charge in [0.15, 0.2) is 0 Å². The maximum absolute atomic E-state index is 8.88. The van der Waals surface area contributed by atoms with Crippen LogP contribution in [0.15, 0.2) is 4.99 Å². The zero-order chi connectivity index (χ0) is 15.7. The highest BCUT2D eigenvalue weighted by atomic mass is 16.1. The Morgan fingerprint density at radius 1 is 1.16 bits per heavy atom. The Bertz CT molecular complexity index is 310. The topological polar surface area (TPSA) is 111 Å². The van der Waals surface area contributed by atoms with Crippen molar-refractivity contribution in [3.05, 3.63) is 0 Å². The van der Waals surface area contributed by atoms with Gasteiger partial charge in [-0.2, -0.15) is 0 Å². The fourth-order valence-electron chi connectivity index (χ4n) is 2.08. The maximum Gasteiger partial charge on any atom is 0.234 e. The molecular weight excluding hydrogens is 246 g/mol. The van der Waals surface area contributed by atoms with Crippen molar-refractivity contribution in [3.8, 4) is 0 Å². The molecule has 6 nitrogen and oxygen atoms in total. The number of hydrogen-bond donors (Lipinski definition) is 2. The van der Waals surface area contributed by atoms with Gasteiger partial charge in [0, 0.05) is 7.05 Å². The molecule has 2 N–H and O–H groups in total. The highest BCUT2D eigenvalue weighted by Crippen LogP contribution is 2.37. The van der Waals surface area contributed by atoms with E-state index in [1.807, 2.05) is 0 Å². The fourth-order valence-corrected chi connectivity index (χ4v) is 2.08. The molecule has 0 aromatic rings. The van der Waals surface area contributed by atoms with E-state index < -0.39 is 0 Å². The average molecular weight is 269 g/mol. The van der Waals surface area contributed by atoms with E-state index in [0.717, 1.165) is 18.1 Å². The van der Waals surface area contributed by atoms with Crippen LogP contribution in [-0.2, 0) is 14.4 Å². The van der Waals surface area contributed by atoms with Crippen LogP contribution in [0.3, 0.4) is 0 Å². The predicted octanol–water partition coefficient (Wildman–Crippen LogP) is 2.98. The Morgan fingerprint density at radius 2 is 1.53 bits per heavy atom. The molecule has 1 fully saturated rings. The quantitative estimate of drug-likeness (QED) is 0.520. The minimum atomic E-state index is 0.650. The Hall–Kier alpha value is -1.86. The van der Waals surface area contributed by atoms with E-state index in [1.165, 1.54) is 38.8 Å². The van der Waals surface area contributed by atoms with Crippen molar-refractivity contribution >= 4 is 18.2 Å². The molecule has 1 saturated carbocycles. The molecule has 108 valence electrons. The molecule has 19 heavy (non-hydrogen) atoms. The molecule has 1 aliphatic rings. The van der Waals surface area contributed by atoms with Gasteiger partial charge in [0.25, 0.3) is 0 Å². The summed E-state index contributed by atoms with van der Waals surface area (Å²) in [7, 11) is 1.38. The van der Waals surface area contributed by atoms with Gasteiger partial charge in [-0.05, 0) is 24.2 Å². The Kier molecular flexibility index (Phi) is 19.0. The van der Waals surface area contributed by atoms with Gasteiger partial charge in [-0.15, -0.1) is 0 Å². The molecule has 0 aromatic heterocycles. The molecule has 0 radical (unpaired) electrons. The second-order valence-corrected chi connectivity index (χ2v) is 4.88. The van der Waals surface area contributed by atoms with E-state index in [1.54, 1.807) is 0 Å². The summed E-state index contributed by atoms with van der Waals surface area (Å²) in [5, 5.41) is 10.8. The first-order valence-electron chi connectivity index (χ1n) is 5.88. The SMILES string of the molecule is CC1CCCC(C)(C)C1.CN=C=O.N=C=O.N=C=O. The number of nitrogens with one attached hydrogen (secondary N) is 2.